The highest BCUT2D eigenvalue weighted by Crippen LogP contribution is 2.34. The third-order valence-corrected chi connectivity index (χ3v) is 4.81. The highest BCUT2D eigenvalue weighted by atomic mass is 16.5. The Labute approximate surface area is 125 Å². The summed E-state index contributed by atoms with van der Waals surface area (Å²) < 4.78 is 5.34. The van der Waals surface area contributed by atoms with Crippen LogP contribution in [0.5, 0.6) is 0 Å². The van der Waals surface area contributed by atoms with Crippen LogP contribution in [-0.4, -0.2) is 72.2 Å². The number of ether oxygens (including phenoxy) is 1. The molecule has 2 rings (SSSR count). The van der Waals surface area contributed by atoms with Crippen molar-refractivity contribution in [3.05, 3.63) is 0 Å². The fraction of sp³-hybridized carbons (Fsp3) is 0.857. The van der Waals surface area contributed by atoms with Crippen LogP contribution in [0, 0.1) is 5.41 Å². The molecule has 0 saturated carbocycles. The zero-order valence-electron chi connectivity index (χ0n) is 12.9. The summed E-state index contributed by atoms with van der Waals surface area (Å²) in [7, 11) is 0. The van der Waals surface area contributed by atoms with Gasteiger partial charge in [-0.1, -0.05) is 12.1 Å². The molecule has 2 aliphatic heterocycles. The lowest BCUT2D eigenvalue weighted by Gasteiger charge is -2.44. The smallest absolute Gasteiger partial charge is 0.236 e. The van der Waals surface area contributed by atoms with Crippen molar-refractivity contribution in [2.45, 2.75) is 32.7 Å². The molecule has 2 aliphatic rings. The minimum Gasteiger partial charge on any atom is -0.409 e. The summed E-state index contributed by atoms with van der Waals surface area (Å²) in [6.07, 6.45) is 0.953. The maximum absolute atomic E-state index is 13.0. The Kier molecular flexibility index (Phi) is 5.05. The van der Waals surface area contributed by atoms with Crippen molar-refractivity contribution >= 4 is 11.7 Å². The van der Waals surface area contributed by atoms with E-state index in [9.17, 15) is 4.79 Å². The molecule has 0 aromatic carbocycles. The van der Waals surface area contributed by atoms with Crippen molar-refractivity contribution in [1.29, 1.82) is 0 Å². The maximum Gasteiger partial charge on any atom is 0.236 e. The van der Waals surface area contributed by atoms with Gasteiger partial charge in [-0.15, -0.1) is 0 Å². The Morgan fingerprint density at radius 2 is 2.10 bits per heavy atom. The first-order valence-electron chi connectivity index (χ1n) is 7.64. The first-order chi connectivity index (χ1) is 10.0. The summed E-state index contributed by atoms with van der Waals surface area (Å²) in [5.74, 6) is -0.00919. The Hall–Kier alpha value is -1.34. The fourth-order valence-electron chi connectivity index (χ4n) is 3.35. The normalized spacial score (nSPS) is 27.6. The van der Waals surface area contributed by atoms with Crippen LogP contribution in [0.25, 0.3) is 0 Å². The average molecular weight is 298 g/mol. The SMILES string of the molecule is CCN1CCN(C(=O)C2(C(N)=NO)CCOCC2)CC1C. The molecule has 7 nitrogen and oxygen atoms in total. The molecule has 1 amide bonds. The van der Waals surface area contributed by atoms with Gasteiger partial charge in [-0.05, 0) is 26.3 Å². The topological polar surface area (TPSA) is 91.4 Å². The van der Waals surface area contributed by atoms with Crippen molar-refractivity contribution in [3.8, 4) is 0 Å². The molecule has 21 heavy (non-hydrogen) atoms. The molecule has 2 saturated heterocycles. The molecule has 0 aliphatic carbocycles. The Morgan fingerprint density at radius 1 is 1.43 bits per heavy atom. The zero-order chi connectivity index (χ0) is 15.5. The van der Waals surface area contributed by atoms with Gasteiger partial charge in [0, 0.05) is 38.9 Å². The molecular formula is C14H26N4O3. The number of nitrogens with zero attached hydrogens (tertiary/aromatic N) is 3. The van der Waals surface area contributed by atoms with Gasteiger partial charge in [-0.25, -0.2) is 0 Å². The molecule has 3 N–H and O–H groups in total. The molecule has 0 radical (unpaired) electrons. The van der Waals surface area contributed by atoms with Gasteiger partial charge in [0.05, 0.1) is 0 Å². The molecule has 1 unspecified atom stereocenters. The van der Waals surface area contributed by atoms with Gasteiger partial charge in [0.1, 0.15) is 5.41 Å². The van der Waals surface area contributed by atoms with Gasteiger partial charge in [0.2, 0.25) is 5.91 Å². The van der Waals surface area contributed by atoms with E-state index in [-0.39, 0.29) is 11.7 Å². The zero-order valence-corrected chi connectivity index (χ0v) is 12.9. The number of carbonyl (C=O) groups excluding carboxylic acids is 1. The molecule has 2 heterocycles. The average Bonchev–Trinajstić information content (AvgIpc) is 2.53. The molecule has 0 bridgehead atoms. The van der Waals surface area contributed by atoms with Crippen LogP contribution in [0.2, 0.25) is 0 Å². The number of rotatable bonds is 3. The summed E-state index contributed by atoms with van der Waals surface area (Å²) in [5.41, 5.74) is 4.96. The standard InChI is InChI=1S/C14H26N4O3/c1-3-17-6-7-18(10-11(17)2)13(19)14(12(15)16-20)4-8-21-9-5-14/h11,20H,3-10H2,1-2H3,(H2,15,16). The molecular weight excluding hydrogens is 272 g/mol. The summed E-state index contributed by atoms with van der Waals surface area (Å²) in [6, 6.07) is 0.330. The second kappa shape index (κ2) is 6.62. The molecule has 0 aromatic heterocycles. The first-order valence-corrected chi connectivity index (χ1v) is 7.64. The van der Waals surface area contributed by atoms with Crippen molar-refractivity contribution in [2.75, 3.05) is 39.4 Å². The van der Waals surface area contributed by atoms with Crippen LogP contribution in [0.1, 0.15) is 26.7 Å². The van der Waals surface area contributed by atoms with E-state index in [0.717, 1.165) is 13.1 Å². The number of nitrogens with two attached hydrogens (primary N) is 1. The molecule has 7 heteroatoms. The van der Waals surface area contributed by atoms with Gasteiger partial charge in [0.25, 0.3) is 0 Å². The lowest BCUT2D eigenvalue weighted by atomic mass is 9.77. The van der Waals surface area contributed by atoms with E-state index in [1.54, 1.807) is 0 Å². The highest BCUT2D eigenvalue weighted by molar-refractivity contribution is 6.06. The highest BCUT2D eigenvalue weighted by Gasteiger charge is 2.47. The quantitative estimate of drug-likeness (QED) is 0.333. The summed E-state index contributed by atoms with van der Waals surface area (Å²) in [5, 5.41) is 12.2. The minimum atomic E-state index is -0.902. The van der Waals surface area contributed by atoms with Gasteiger partial charge in [0.15, 0.2) is 5.84 Å². The van der Waals surface area contributed by atoms with Gasteiger partial charge >= 0.3 is 0 Å². The number of hydrogen-bond acceptors (Lipinski definition) is 5. The van der Waals surface area contributed by atoms with E-state index in [0.29, 0.717) is 45.2 Å². The van der Waals surface area contributed by atoms with Crippen LogP contribution in [0.3, 0.4) is 0 Å². The molecule has 0 spiro atoms. The van der Waals surface area contributed by atoms with Crippen molar-refractivity contribution in [1.82, 2.24) is 9.80 Å². The fourth-order valence-corrected chi connectivity index (χ4v) is 3.35. The third-order valence-electron chi connectivity index (χ3n) is 4.81. The Balaban J connectivity index is 2.16. The largest absolute Gasteiger partial charge is 0.409 e. The lowest BCUT2D eigenvalue weighted by Crippen LogP contribution is -2.60. The van der Waals surface area contributed by atoms with Gasteiger partial charge in [-0.2, -0.15) is 0 Å². The van der Waals surface area contributed by atoms with E-state index in [4.69, 9.17) is 15.7 Å². The molecule has 2 fully saturated rings. The second-order valence-corrected chi connectivity index (χ2v) is 5.91. The Morgan fingerprint density at radius 3 is 2.62 bits per heavy atom. The lowest BCUT2D eigenvalue weighted by molar-refractivity contribution is -0.145. The number of carbonyl (C=O) groups is 1. The van der Waals surface area contributed by atoms with Crippen molar-refractivity contribution < 1.29 is 14.7 Å². The minimum absolute atomic E-state index is 0.0152. The number of piperazine rings is 1. The summed E-state index contributed by atoms with van der Waals surface area (Å²) >= 11 is 0. The number of oxime groups is 1. The van der Waals surface area contributed by atoms with Gasteiger partial charge < -0.3 is 20.6 Å². The number of amides is 1. The number of hydrogen-bond donors (Lipinski definition) is 2. The van der Waals surface area contributed by atoms with E-state index in [1.807, 2.05) is 4.90 Å². The van der Waals surface area contributed by atoms with Crippen molar-refractivity contribution in [3.63, 3.8) is 0 Å². The van der Waals surface area contributed by atoms with E-state index in [2.05, 4.69) is 23.9 Å². The number of amidine groups is 1. The monoisotopic (exact) mass is 298 g/mol. The van der Waals surface area contributed by atoms with E-state index in [1.165, 1.54) is 0 Å². The molecule has 120 valence electrons. The summed E-state index contributed by atoms with van der Waals surface area (Å²) in [4.78, 5) is 17.2. The first kappa shape index (κ1) is 16.0. The Bertz CT molecular complexity index is 407. The van der Waals surface area contributed by atoms with Crippen LogP contribution in [-0.2, 0) is 9.53 Å². The van der Waals surface area contributed by atoms with E-state index < -0.39 is 5.41 Å². The predicted octanol–water partition coefficient (Wildman–Crippen LogP) is 0.0822. The van der Waals surface area contributed by atoms with Crippen LogP contribution in [0.4, 0.5) is 0 Å². The van der Waals surface area contributed by atoms with Gasteiger partial charge in [-0.3, -0.25) is 9.69 Å². The second-order valence-electron chi connectivity index (χ2n) is 5.91. The molecule has 0 aromatic rings. The van der Waals surface area contributed by atoms with E-state index >= 15 is 0 Å². The molecule has 1 atom stereocenters. The third kappa shape index (κ3) is 2.98. The maximum atomic E-state index is 13.0. The van der Waals surface area contributed by atoms with Crippen molar-refractivity contribution in [2.24, 2.45) is 16.3 Å². The van der Waals surface area contributed by atoms with Crippen LogP contribution < -0.4 is 5.73 Å². The predicted molar refractivity (Wildman–Crippen MR) is 79.2 cm³/mol. The van der Waals surface area contributed by atoms with Crippen LogP contribution in [0.15, 0.2) is 5.16 Å². The van der Waals surface area contributed by atoms with Crippen LogP contribution >= 0.6 is 0 Å². The number of likely N-dealkylation sites (N-methyl/N-ethyl adjacent to an activating group) is 1. The summed E-state index contributed by atoms with van der Waals surface area (Å²) in [6.45, 7) is 8.42.